The smallest absolute Gasteiger partial charge is 0.220 e. The number of benzene rings is 2. The second-order valence-electron chi connectivity index (χ2n) is 6.57. The number of hydrogen-bond donors (Lipinski definition) is 1. The molecule has 1 amide bonds. The van der Waals surface area contributed by atoms with Gasteiger partial charge in [-0.1, -0.05) is 48.5 Å². The van der Waals surface area contributed by atoms with E-state index in [9.17, 15) is 9.18 Å². The monoisotopic (exact) mass is 398 g/mol. The van der Waals surface area contributed by atoms with Crippen LogP contribution in [0.2, 0.25) is 0 Å². The number of aryl methyl sites for hydroxylation is 1. The Kier molecular flexibility index (Phi) is 6.46. The second-order valence-corrected chi connectivity index (χ2v) is 7.51. The number of thioether (sulfide) groups is 1. The molecule has 0 saturated carbocycles. The molecule has 28 heavy (non-hydrogen) atoms. The summed E-state index contributed by atoms with van der Waals surface area (Å²) < 4.78 is 15.1. The van der Waals surface area contributed by atoms with Gasteiger partial charge in [-0.2, -0.15) is 0 Å². The van der Waals surface area contributed by atoms with Crippen molar-refractivity contribution in [1.82, 2.24) is 20.1 Å². The van der Waals surface area contributed by atoms with Crippen LogP contribution in [0.5, 0.6) is 0 Å². The molecule has 1 unspecified atom stereocenters. The van der Waals surface area contributed by atoms with Gasteiger partial charge in [-0.05, 0) is 43.7 Å². The zero-order valence-corrected chi connectivity index (χ0v) is 17.0. The zero-order chi connectivity index (χ0) is 20.1. The Morgan fingerprint density at radius 3 is 2.46 bits per heavy atom. The van der Waals surface area contributed by atoms with E-state index in [2.05, 4.69) is 15.5 Å². The van der Waals surface area contributed by atoms with Crippen molar-refractivity contribution in [3.05, 3.63) is 71.3 Å². The van der Waals surface area contributed by atoms with E-state index < -0.39 is 0 Å². The molecule has 3 rings (SSSR count). The van der Waals surface area contributed by atoms with Gasteiger partial charge in [0.1, 0.15) is 5.82 Å². The fourth-order valence-corrected chi connectivity index (χ4v) is 3.64. The molecule has 0 fully saturated rings. The number of carbonyl (C=O) groups excluding carboxylic acids is 1. The van der Waals surface area contributed by atoms with Crippen LogP contribution in [0.4, 0.5) is 4.39 Å². The van der Waals surface area contributed by atoms with Crippen LogP contribution in [-0.2, 0) is 10.5 Å². The molecule has 3 aromatic rings. The summed E-state index contributed by atoms with van der Waals surface area (Å²) in [5.74, 6) is 1.03. The third kappa shape index (κ3) is 4.78. The summed E-state index contributed by atoms with van der Waals surface area (Å²) in [6.07, 6.45) is 0.412. The van der Waals surface area contributed by atoms with Crippen LogP contribution >= 0.6 is 11.8 Å². The number of rotatable bonds is 7. The third-order valence-corrected chi connectivity index (χ3v) is 5.32. The van der Waals surface area contributed by atoms with Crippen LogP contribution in [0.3, 0.4) is 0 Å². The van der Waals surface area contributed by atoms with Crippen LogP contribution in [-0.4, -0.2) is 20.7 Å². The van der Waals surface area contributed by atoms with Crippen molar-refractivity contribution in [3.8, 4) is 5.69 Å². The standard InChI is InChI=1S/C21H23FN4OS/c1-4-19(27)23-15(3)20-24-25-21(26(20)18-11-5-14(2)6-12-18)28-13-16-7-9-17(22)10-8-16/h5-12,15H,4,13H2,1-3H3,(H,23,27). The Labute approximate surface area is 168 Å². The summed E-state index contributed by atoms with van der Waals surface area (Å²) in [6.45, 7) is 5.75. The Morgan fingerprint density at radius 2 is 1.82 bits per heavy atom. The minimum atomic E-state index is -0.276. The lowest BCUT2D eigenvalue weighted by Gasteiger charge is -2.16. The fraction of sp³-hybridized carbons (Fsp3) is 0.286. The van der Waals surface area contributed by atoms with E-state index in [1.54, 1.807) is 12.1 Å². The predicted octanol–water partition coefficient (Wildman–Crippen LogP) is 4.59. The van der Waals surface area contributed by atoms with Gasteiger partial charge in [-0.25, -0.2) is 4.39 Å². The normalized spacial score (nSPS) is 12.0. The maximum atomic E-state index is 13.1. The summed E-state index contributed by atoms with van der Waals surface area (Å²) in [5, 5.41) is 12.4. The number of aromatic nitrogens is 3. The van der Waals surface area contributed by atoms with Crippen molar-refractivity contribution >= 4 is 17.7 Å². The number of halogens is 1. The van der Waals surface area contributed by atoms with Gasteiger partial charge in [-0.3, -0.25) is 9.36 Å². The fourth-order valence-electron chi connectivity index (χ4n) is 2.73. The highest BCUT2D eigenvalue weighted by molar-refractivity contribution is 7.98. The minimum absolute atomic E-state index is 0.0357. The van der Waals surface area contributed by atoms with E-state index in [0.29, 0.717) is 18.0 Å². The van der Waals surface area contributed by atoms with E-state index in [4.69, 9.17) is 0 Å². The summed E-state index contributed by atoms with van der Waals surface area (Å²) in [7, 11) is 0. The first-order valence-electron chi connectivity index (χ1n) is 9.17. The number of carbonyl (C=O) groups is 1. The summed E-state index contributed by atoms with van der Waals surface area (Å²) in [4.78, 5) is 11.8. The molecule has 1 aromatic heterocycles. The lowest BCUT2D eigenvalue weighted by molar-refractivity contribution is -0.121. The van der Waals surface area contributed by atoms with Gasteiger partial charge in [0.25, 0.3) is 0 Å². The quantitative estimate of drug-likeness (QED) is 0.591. The van der Waals surface area contributed by atoms with Gasteiger partial charge < -0.3 is 5.32 Å². The van der Waals surface area contributed by atoms with Gasteiger partial charge in [0.05, 0.1) is 6.04 Å². The highest BCUT2D eigenvalue weighted by atomic mass is 32.2. The molecule has 0 bridgehead atoms. The molecular formula is C21H23FN4OS. The Morgan fingerprint density at radius 1 is 1.14 bits per heavy atom. The lowest BCUT2D eigenvalue weighted by atomic mass is 10.2. The van der Waals surface area contributed by atoms with Crippen LogP contribution in [0, 0.1) is 12.7 Å². The van der Waals surface area contributed by atoms with Gasteiger partial charge in [0, 0.05) is 17.9 Å². The van der Waals surface area contributed by atoms with Crippen molar-refractivity contribution < 1.29 is 9.18 Å². The molecule has 7 heteroatoms. The van der Waals surface area contributed by atoms with Gasteiger partial charge in [0.15, 0.2) is 11.0 Å². The third-order valence-electron chi connectivity index (χ3n) is 4.32. The van der Waals surface area contributed by atoms with E-state index in [0.717, 1.165) is 22.0 Å². The van der Waals surface area contributed by atoms with Crippen molar-refractivity contribution in [1.29, 1.82) is 0 Å². The van der Waals surface area contributed by atoms with Crippen molar-refractivity contribution in [2.24, 2.45) is 0 Å². The topological polar surface area (TPSA) is 59.8 Å². The first-order chi connectivity index (χ1) is 13.5. The van der Waals surface area contributed by atoms with Crippen LogP contribution < -0.4 is 5.32 Å². The number of amides is 1. The average Bonchev–Trinajstić information content (AvgIpc) is 3.12. The van der Waals surface area contributed by atoms with E-state index in [-0.39, 0.29) is 17.8 Å². The van der Waals surface area contributed by atoms with Crippen molar-refractivity contribution in [3.63, 3.8) is 0 Å². The molecule has 0 radical (unpaired) electrons. The molecule has 2 aromatic carbocycles. The summed E-state index contributed by atoms with van der Waals surface area (Å²) in [6, 6.07) is 14.2. The molecule has 0 aliphatic rings. The largest absolute Gasteiger partial charge is 0.346 e. The molecule has 0 spiro atoms. The molecule has 1 N–H and O–H groups in total. The summed E-state index contributed by atoms with van der Waals surface area (Å²) >= 11 is 1.52. The number of nitrogens with one attached hydrogen (secondary N) is 1. The van der Waals surface area contributed by atoms with Crippen LogP contribution in [0.15, 0.2) is 53.7 Å². The molecule has 0 aliphatic heterocycles. The predicted molar refractivity (Wildman–Crippen MR) is 109 cm³/mol. The lowest BCUT2D eigenvalue weighted by Crippen LogP contribution is -2.27. The molecule has 0 saturated heterocycles. The maximum absolute atomic E-state index is 13.1. The van der Waals surface area contributed by atoms with E-state index in [1.165, 1.54) is 23.9 Å². The maximum Gasteiger partial charge on any atom is 0.220 e. The van der Waals surface area contributed by atoms with Gasteiger partial charge >= 0.3 is 0 Å². The minimum Gasteiger partial charge on any atom is -0.346 e. The summed E-state index contributed by atoms with van der Waals surface area (Å²) in [5.41, 5.74) is 3.09. The second kappa shape index (κ2) is 9.01. The molecule has 1 atom stereocenters. The Bertz CT molecular complexity index is 938. The molecule has 5 nitrogen and oxygen atoms in total. The van der Waals surface area contributed by atoms with E-state index >= 15 is 0 Å². The first kappa shape index (κ1) is 20.1. The molecule has 146 valence electrons. The molecule has 1 heterocycles. The number of nitrogens with zero attached hydrogens (tertiary/aromatic N) is 3. The van der Waals surface area contributed by atoms with Crippen molar-refractivity contribution in [2.45, 2.75) is 44.1 Å². The Hall–Kier alpha value is -2.67. The van der Waals surface area contributed by atoms with Crippen LogP contribution in [0.25, 0.3) is 5.69 Å². The van der Waals surface area contributed by atoms with Crippen molar-refractivity contribution in [2.75, 3.05) is 0 Å². The average molecular weight is 399 g/mol. The zero-order valence-electron chi connectivity index (χ0n) is 16.1. The van der Waals surface area contributed by atoms with Crippen LogP contribution in [0.1, 0.15) is 43.3 Å². The van der Waals surface area contributed by atoms with E-state index in [1.807, 2.05) is 49.6 Å². The number of hydrogen-bond acceptors (Lipinski definition) is 4. The first-order valence-corrected chi connectivity index (χ1v) is 10.2. The highest BCUT2D eigenvalue weighted by Crippen LogP contribution is 2.27. The highest BCUT2D eigenvalue weighted by Gasteiger charge is 2.20. The van der Waals surface area contributed by atoms with Gasteiger partial charge in [-0.15, -0.1) is 10.2 Å². The SMILES string of the molecule is CCC(=O)NC(C)c1nnc(SCc2ccc(F)cc2)n1-c1ccc(C)cc1. The molecular weight excluding hydrogens is 375 g/mol. The Balaban J connectivity index is 1.91. The van der Waals surface area contributed by atoms with Gasteiger partial charge in [0.2, 0.25) is 5.91 Å². The molecule has 0 aliphatic carbocycles.